The molecule has 3 aromatic rings. The summed E-state index contributed by atoms with van der Waals surface area (Å²) < 4.78 is 0. The van der Waals surface area contributed by atoms with Crippen LogP contribution in [-0.4, -0.2) is 51.9 Å². The lowest BCUT2D eigenvalue weighted by atomic mass is 10.2. The molecule has 0 spiro atoms. The Bertz CT molecular complexity index is 998. The molecule has 0 radical (unpaired) electrons. The number of nitrogens with one attached hydrogen (secondary N) is 1. The van der Waals surface area contributed by atoms with E-state index in [1.54, 1.807) is 17.5 Å². The maximum absolute atomic E-state index is 12.6. The maximum Gasteiger partial charge on any atom is 0.223 e. The Balaban J connectivity index is 1.34. The number of amides is 1. The summed E-state index contributed by atoms with van der Waals surface area (Å²) in [5.74, 6) is 3.29. The van der Waals surface area contributed by atoms with Crippen LogP contribution in [0.1, 0.15) is 22.7 Å². The minimum atomic E-state index is 0.235. The summed E-state index contributed by atoms with van der Waals surface area (Å²) >= 11 is 1.74. The van der Waals surface area contributed by atoms with Gasteiger partial charge in [-0.05, 0) is 49.4 Å². The number of thiophene rings is 1. The first-order valence-corrected chi connectivity index (χ1v) is 11.1. The van der Waals surface area contributed by atoms with Crippen LogP contribution < -0.4 is 10.2 Å². The van der Waals surface area contributed by atoms with Crippen LogP contribution in [0.25, 0.3) is 0 Å². The molecule has 0 bridgehead atoms. The van der Waals surface area contributed by atoms with Crippen LogP contribution in [0.15, 0.2) is 41.9 Å². The van der Waals surface area contributed by atoms with E-state index in [2.05, 4.69) is 43.5 Å². The van der Waals surface area contributed by atoms with E-state index in [9.17, 15) is 4.79 Å². The van der Waals surface area contributed by atoms with Gasteiger partial charge in [-0.1, -0.05) is 6.07 Å². The first-order valence-electron chi connectivity index (χ1n) is 10.2. The molecule has 0 aliphatic carbocycles. The molecule has 8 heteroatoms. The molecule has 0 saturated carbocycles. The predicted molar refractivity (Wildman–Crippen MR) is 120 cm³/mol. The Morgan fingerprint density at radius 2 is 1.93 bits per heavy atom. The maximum atomic E-state index is 12.6. The van der Waals surface area contributed by atoms with Crippen molar-refractivity contribution < 1.29 is 4.79 Å². The van der Waals surface area contributed by atoms with Crippen molar-refractivity contribution in [3.63, 3.8) is 0 Å². The molecule has 4 rings (SSSR count). The topological polar surface area (TPSA) is 74.2 Å². The van der Waals surface area contributed by atoms with Gasteiger partial charge in [0.05, 0.1) is 0 Å². The fraction of sp³-hybridized carbons (Fsp3) is 0.364. The number of pyridine rings is 1. The van der Waals surface area contributed by atoms with E-state index in [-0.39, 0.29) is 5.91 Å². The van der Waals surface area contributed by atoms with Gasteiger partial charge in [-0.3, -0.25) is 4.79 Å². The van der Waals surface area contributed by atoms with Gasteiger partial charge in [0.1, 0.15) is 23.3 Å². The third-order valence-electron chi connectivity index (χ3n) is 5.24. The van der Waals surface area contributed by atoms with Gasteiger partial charge in [-0.2, -0.15) is 0 Å². The van der Waals surface area contributed by atoms with Gasteiger partial charge < -0.3 is 15.1 Å². The number of piperazine rings is 1. The number of hydrogen-bond donors (Lipinski definition) is 1. The van der Waals surface area contributed by atoms with Gasteiger partial charge in [0.25, 0.3) is 0 Å². The first-order chi connectivity index (χ1) is 14.6. The van der Waals surface area contributed by atoms with Crippen molar-refractivity contribution in [2.45, 2.75) is 26.7 Å². The van der Waals surface area contributed by atoms with Crippen LogP contribution in [0.5, 0.6) is 0 Å². The minimum absolute atomic E-state index is 0.235. The van der Waals surface area contributed by atoms with Crippen molar-refractivity contribution in [2.24, 2.45) is 0 Å². The second kappa shape index (κ2) is 9.21. The van der Waals surface area contributed by atoms with E-state index in [1.807, 2.05) is 36.1 Å². The summed E-state index contributed by atoms with van der Waals surface area (Å²) in [4.78, 5) is 31.5. The van der Waals surface area contributed by atoms with E-state index in [1.165, 1.54) is 10.4 Å². The van der Waals surface area contributed by atoms with E-state index in [0.717, 1.165) is 37.0 Å². The summed E-state index contributed by atoms with van der Waals surface area (Å²) in [7, 11) is 0. The molecule has 0 aromatic carbocycles. The lowest BCUT2D eigenvalue weighted by Gasteiger charge is -2.35. The van der Waals surface area contributed by atoms with Crippen LogP contribution in [0.3, 0.4) is 0 Å². The van der Waals surface area contributed by atoms with Gasteiger partial charge >= 0.3 is 0 Å². The minimum Gasteiger partial charge on any atom is -0.353 e. The fourth-order valence-corrected chi connectivity index (χ4v) is 4.48. The zero-order valence-electron chi connectivity index (χ0n) is 17.3. The lowest BCUT2D eigenvalue weighted by Crippen LogP contribution is -2.49. The molecule has 1 N–H and O–H groups in total. The Morgan fingerprint density at radius 3 is 2.63 bits per heavy atom. The highest BCUT2D eigenvalue weighted by molar-refractivity contribution is 7.10. The third-order valence-corrected chi connectivity index (χ3v) is 6.32. The molecule has 0 atom stereocenters. The zero-order valence-corrected chi connectivity index (χ0v) is 18.2. The van der Waals surface area contributed by atoms with Crippen LogP contribution in [-0.2, 0) is 11.2 Å². The van der Waals surface area contributed by atoms with Crippen LogP contribution >= 0.6 is 11.3 Å². The highest BCUT2D eigenvalue weighted by Crippen LogP contribution is 2.21. The van der Waals surface area contributed by atoms with Crippen molar-refractivity contribution in [2.75, 3.05) is 36.4 Å². The molecule has 156 valence electrons. The molecule has 1 fully saturated rings. The number of carbonyl (C=O) groups excluding carboxylic acids is 1. The summed E-state index contributed by atoms with van der Waals surface area (Å²) in [6.07, 6.45) is 3.15. The molecule has 30 heavy (non-hydrogen) atoms. The van der Waals surface area contributed by atoms with Gasteiger partial charge in [-0.15, -0.1) is 11.3 Å². The quantitative estimate of drug-likeness (QED) is 0.655. The SMILES string of the molecule is Cc1nc(Nc2ccccn2)cc(N2CCN(C(=O)CCc3sccc3C)CC2)n1. The number of hydrogen-bond acceptors (Lipinski definition) is 7. The fourth-order valence-electron chi connectivity index (χ4n) is 3.57. The second-order valence-corrected chi connectivity index (χ2v) is 8.39. The van der Waals surface area contributed by atoms with Crippen molar-refractivity contribution in [1.29, 1.82) is 0 Å². The molecule has 1 aliphatic heterocycles. The Morgan fingerprint density at radius 1 is 1.10 bits per heavy atom. The Kier molecular flexibility index (Phi) is 6.23. The van der Waals surface area contributed by atoms with Crippen LogP contribution in [0.2, 0.25) is 0 Å². The standard InChI is InChI=1S/C22H26N6OS/c1-16-8-14-30-18(16)6-7-22(29)28-12-10-27(11-13-28)21-15-20(24-17(2)25-21)26-19-5-3-4-9-23-19/h3-5,8-9,14-15H,6-7,10-13H2,1-2H3,(H,23,24,25,26). The van der Waals surface area contributed by atoms with Gasteiger partial charge in [0, 0.05) is 49.7 Å². The molecular formula is C22H26N6OS. The van der Waals surface area contributed by atoms with Crippen molar-refractivity contribution in [3.8, 4) is 0 Å². The van der Waals surface area contributed by atoms with E-state index < -0.39 is 0 Å². The molecule has 1 amide bonds. The molecule has 1 saturated heterocycles. The van der Waals surface area contributed by atoms with E-state index >= 15 is 0 Å². The summed E-state index contributed by atoms with van der Waals surface area (Å²) in [6.45, 7) is 6.96. The van der Waals surface area contributed by atoms with Gasteiger partial charge in [-0.25, -0.2) is 15.0 Å². The smallest absolute Gasteiger partial charge is 0.223 e. The highest BCUT2D eigenvalue weighted by atomic mass is 32.1. The summed E-state index contributed by atoms with van der Waals surface area (Å²) in [6, 6.07) is 9.77. The van der Waals surface area contributed by atoms with Gasteiger partial charge in [0.2, 0.25) is 5.91 Å². The monoisotopic (exact) mass is 422 g/mol. The van der Waals surface area contributed by atoms with Crippen molar-refractivity contribution in [3.05, 3.63) is 58.2 Å². The number of aryl methyl sites for hydroxylation is 3. The number of carbonyl (C=O) groups is 1. The van der Waals surface area contributed by atoms with Crippen LogP contribution in [0.4, 0.5) is 17.5 Å². The molecule has 7 nitrogen and oxygen atoms in total. The molecular weight excluding hydrogens is 396 g/mol. The highest BCUT2D eigenvalue weighted by Gasteiger charge is 2.22. The predicted octanol–water partition coefficient (Wildman–Crippen LogP) is 3.57. The Labute approximate surface area is 180 Å². The van der Waals surface area contributed by atoms with Crippen molar-refractivity contribution >= 4 is 34.7 Å². The third kappa shape index (κ3) is 4.94. The average molecular weight is 423 g/mol. The number of aromatic nitrogens is 3. The largest absolute Gasteiger partial charge is 0.353 e. The normalized spacial score (nSPS) is 14.1. The Hall–Kier alpha value is -3.00. The molecule has 3 aromatic heterocycles. The summed E-state index contributed by atoms with van der Waals surface area (Å²) in [5.41, 5.74) is 1.28. The number of rotatable bonds is 6. The number of nitrogens with zero attached hydrogens (tertiary/aromatic N) is 5. The molecule has 1 aliphatic rings. The molecule has 0 unspecified atom stereocenters. The van der Waals surface area contributed by atoms with E-state index in [4.69, 9.17) is 0 Å². The second-order valence-electron chi connectivity index (χ2n) is 7.39. The lowest BCUT2D eigenvalue weighted by molar-refractivity contribution is -0.131. The molecule has 4 heterocycles. The first kappa shape index (κ1) is 20.3. The number of anilines is 3. The van der Waals surface area contributed by atoms with Crippen LogP contribution in [0, 0.1) is 13.8 Å². The van der Waals surface area contributed by atoms with Gasteiger partial charge in [0.15, 0.2) is 0 Å². The average Bonchev–Trinajstić information content (AvgIpc) is 3.17. The van der Waals surface area contributed by atoms with Crippen molar-refractivity contribution in [1.82, 2.24) is 19.9 Å². The zero-order chi connectivity index (χ0) is 20.9. The van der Waals surface area contributed by atoms with E-state index in [0.29, 0.717) is 25.3 Å². The summed E-state index contributed by atoms with van der Waals surface area (Å²) in [5, 5.41) is 5.33.